The Balaban J connectivity index is 2.31. The molecule has 0 aliphatic heterocycles. The molecule has 0 unspecified atom stereocenters. The van der Waals surface area contributed by atoms with Gasteiger partial charge < -0.3 is 10.1 Å². The highest BCUT2D eigenvalue weighted by molar-refractivity contribution is 8.82. The number of nitrogens with one attached hydrogen (secondary N) is 1. The first kappa shape index (κ1) is 15.7. The number of amides is 1. The Morgan fingerprint density at radius 1 is 1.35 bits per heavy atom. The second-order valence-electron chi connectivity index (χ2n) is 4.30. The summed E-state index contributed by atoms with van der Waals surface area (Å²) in [5, 5.41) is 3.32. The van der Waals surface area contributed by atoms with Crippen molar-refractivity contribution in [3.8, 4) is 0 Å². The number of aryl methyl sites for hydroxylation is 1. The minimum absolute atomic E-state index is 0.151. The lowest BCUT2D eigenvalue weighted by Crippen LogP contribution is -2.12. The van der Waals surface area contributed by atoms with E-state index in [0.717, 1.165) is 42.0 Å². The molecule has 1 aliphatic rings. The van der Waals surface area contributed by atoms with Gasteiger partial charge in [0.2, 0.25) is 0 Å². The van der Waals surface area contributed by atoms with E-state index in [9.17, 15) is 9.59 Å². The third kappa shape index (κ3) is 3.51. The number of fused-ring (bicyclic) bond motifs is 1. The number of hydrogen-bond donors (Lipinski definition) is 1. The fourth-order valence-corrected chi connectivity index (χ4v) is 4.47. The summed E-state index contributed by atoms with van der Waals surface area (Å²) in [6.07, 6.45) is 5.95. The lowest BCUT2D eigenvalue weighted by Gasteiger charge is -2.12. The van der Waals surface area contributed by atoms with Crippen molar-refractivity contribution < 1.29 is 14.3 Å². The van der Waals surface area contributed by atoms with E-state index in [1.54, 1.807) is 6.92 Å². The predicted octanol–water partition coefficient (Wildman–Crippen LogP) is 4.35. The fraction of sp³-hybridized carbons (Fsp3) is 0.538. The van der Waals surface area contributed by atoms with E-state index in [2.05, 4.69) is 5.32 Å². The van der Waals surface area contributed by atoms with Gasteiger partial charge in [0.05, 0.1) is 12.2 Å². The van der Waals surface area contributed by atoms with Gasteiger partial charge in [-0.1, -0.05) is 10.8 Å². The molecule has 0 aromatic carbocycles. The monoisotopic (exact) mass is 331 g/mol. The number of carbonyl (C=O) groups excluding carboxylic acids is 2. The molecule has 0 atom stereocenters. The Morgan fingerprint density at radius 3 is 2.80 bits per heavy atom. The first-order valence-corrected chi connectivity index (χ1v) is 9.88. The number of thiophene rings is 1. The summed E-state index contributed by atoms with van der Waals surface area (Å²) in [6, 6.07) is 0. The molecule has 7 heteroatoms. The van der Waals surface area contributed by atoms with Crippen molar-refractivity contribution in [2.45, 2.75) is 32.6 Å². The first-order chi connectivity index (χ1) is 9.67. The zero-order valence-electron chi connectivity index (χ0n) is 11.5. The van der Waals surface area contributed by atoms with Crippen LogP contribution < -0.4 is 5.32 Å². The van der Waals surface area contributed by atoms with E-state index in [4.69, 9.17) is 4.74 Å². The van der Waals surface area contributed by atoms with Gasteiger partial charge in [0.1, 0.15) is 5.00 Å². The third-order valence-corrected chi connectivity index (χ3v) is 5.61. The highest BCUT2D eigenvalue weighted by atomic mass is 33.1. The number of esters is 1. The van der Waals surface area contributed by atoms with Crippen LogP contribution in [0, 0.1) is 0 Å². The molecule has 2 rings (SSSR count). The summed E-state index contributed by atoms with van der Waals surface area (Å²) in [5.41, 5.74) is 1.64. The van der Waals surface area contributed by atoms with Crippen molar-refractivity contribution in [1.29, 1.82) is 0 Å². The Hall–Kier alpha value is -0.660. The van der Waals surface area contributed by atoms with E-state index in [-0.39, 0.29) is 11.2 Å². The Kier molecular flexibility index (Phi) is 5.80. The van der Waals surface area contributed by atoms with Gasteiger partial charge in [-0.3, -0.25) is 4.79 Å². The average Bonchev–Trinajstić information content (AvgIpc) is 2.76. The Labute approximate surface area is 130 Å². The molecule has 1 aromatic rings. The van der Waals surface area contributed by atoms with Crippen molar-refractivity contribution >= 4 is 49.1 Å². The lowest BCUT2D eigenvalue weighted by molar-refractivity contribution is 0.0526. The highest BCUT2D eigenvalue weighted by Gasteiger charge is 2.27. The van der Waals surface area contributed by atoms with Crippen molar-refractivity contribution in [2.24, 2.45) is 0 Å². The predicted molar refractivity (Wildman–Crippen MR) is 87.0 cm³/mol. The molecule has 1 aromatic heterocycles. The van der Waals surface area contributed by atoms with Crippen LogP contribution >= 0.6 is 32.9 Å². The zero-order chi connectivity index (χ0) is 14.5. The van der Waals surface area contributed by atoms with Gasteiger partial charge in [0.15, 0.2) is 0 Å². The van der Waals surface area contributed by atoms with Crippen LogP contribution in [-0.4, -0.2) is 24.1 Å². The molecule has 0 saturated carbocycles. The molecule has 0 saturated heterocycles. The number of ether oxygens (including phenoxy) is 1. The largest absolute Gasteiger partial charge is 0.462 e. The topological polar surface area (TPSA) is 55.4 Å². The molecule has 20 heavy (non-hydrogen) atoms. The third-order valence-electron chi connectivity index (χ3n) is 3.03. The number of carbonyl (C=O) groups is 2. The van der Waals surface area contributed by atoms with Crippen LogP contribution in [0.1, 0.15) is 40.6 Å². The minimum atomic E-state index is -0.323. The standard InChI is InChI=1S/C13H17NO3S3/c1-3-17-12(15)10-8-6-4-5-7-9(8)19-11(10)14-13(16)20-18-2/h3-7H2,1-2H3,(H,14,16). The van der Waals surface area contributed by atoms with E-state index < -0.39 is 0 Å². The van der Waals surface area contributed by atoms with Crippen LogP contribution in [0.2, 0.25) is 0 Å². The van der Waals surface area contributed by atoms with Crippen molar-refractivity contribution in [3.05, 3.63) is 16.0 Å². The fourth-order valence-electron chi connectivity index (χ4n) is 2.26. The highest BCUT2D eigenvalue weighted by Crippen LogP contribution is 2.39. The van der Waals surface area contributed by atoms with Crippen LogP contribution in [0.3, 0.4) is 0 Å². The maximum atomic E-state index is 12.2. The molecule has 4 nitrogen and oxygen atoms in total. The normalized spacial score (nSPS) is 13.7. The van der Waals surface area contributed by atoms with Crippen LogP contribution in [0.5, 0.6) is 0 Å². The maximum absolute atomic E-state index is 12.2. The maximum Gasteiger partial charge on any atom is 0.341 e. The minimum Gasteiger partial charge on any atom is -0.462 e. The molecule has 0 spiro atoms. The van der Waals surface area contributed by atoms with Crippen LogP contribution in [0.15, 0.2) is 0 Å². The van der Waals surface area contributed by atoms with Crippen LogP contribution in [0.25, 0.3) is 0 Å². The van der Waals surface area contributed by atoms with Gasteiger partial charge in [-0.15, -0.1) is 11.3 Å². The zero-order valence-corrected chi connectivity index (χ0v) is 13.9. The Bertz CT molecular complexity index is 513. The molecule has 1 aliphatic carbocycles. The van der Waals surface area contributed by atoms with Crippen LogP contribution in [-0.2, 0) is 17.6 Å². The van der Waals surface area contributed by atoms with Gasteiger partial charge in [0, 0.05) is 15.7 Å². The molecule has 1 amide bonds. The van der Waals surface area contributed by atoms with Gasteiger partial charge >= 0.3 is 5.97 Å². The number of hydrogen-bond acceptors (Lipinski definition) is 6. The van der Waals surface area contributed by atoms with Crippen molar-refractivity contribution in [1.82, 2.24) is 0 Å². The van der Waals surface area contributed by atoms with Gasteiger partial charge in [-0.2, -0.15) is 0 Å². The molecular weight excluding hydrogens is 314 g/mol. The van der Waals surface area contributed by atoms with Crippen LogP contribution in [0.4, 0.5) is 9.80 Å². The molecule has 0 radical (unpaired) electrons. The van der Waals surface area contributed by atoms with Gasteiger partial charge in [-0.05, 0) is 44.4 Å². The molecular formula is C13H17NO3S3. The Morgan fingerprint density at radius 2 is 2.10 bits per heavy atom. The summed E-state index contributed by atoms with van der Waals surface area (Å²) in [7, 11) is 2.51. The summed E-state index contributed by atoms with van der Waals surface area (Å²) in [4.78, 5) is 25.1. The molecule has 110 valence electrons. The van der Waals surface area contributed by atoms with E-state index in [1.807, 2.05) is 6.26 Å². The summed E-state index contributed by atoms with van der Waals surface area (Å²) in [5.74, 6) is -0.323. The molecule has 1 N–H and O–H groups in total. The molecule has 0 fully saturated rings. The number of anilines is 1. The van der Waals surface area contributed by atoms with Crippen molar-refractivity contribution in [3.63, 3.8) is 0 Å². The van der Waals surface area contributed by atoms with Crippen molar-refractivity contribution in [2.75, 3.05) is 18.2 Å². The summed E-state index contributed by atoms with van der Waals surface area (Å²) in [6.45, 7) is 2.13. The van der Waals surface area contributed by atoms with E-state index >= 15 is 0 Å². The molecule has 1 heterocycles. The first-order valence-electron chi connectivity index (χ1n) is 6.50. The van der Waals surface area contributed by atoms with E-state index in [1.165, 1.54) is 27.0 Å². The van der Waals surface area contributed by atoms with Gasteiger partial charge in [-0.25, -0.2) is 4.79 Å². The lowest BCUT2D eigenvalue weighted by atomic mass is 9.95. The number of rotatable bonds is 4. The molecule has 0 bridgehead atoms. The average molecular weight is 331 g/mol. The quantitative estimate of drug-likeness (QED) is 0.657. The second-order valence-corrected chi connectivity index (χ2v) is 7.77. The summed E-state index contributed by atoms with van der Waals surface area (Å²) >= 11 is 1.51. The smallest absolute Gasteiger partial charge is 0.341 e. The van der Waals surface area contributed by atoms with E-state index in [0.29, 0.717) is 17.2 Å². The summed E-state index contributed by atoms with van der Waals surface area (Å²) < 4.78 is 5.14. The van der Waals surface area contributed by atoms with Gasteiger partial charge in [0.25, 0.3) is 5.24 Å². The SMILES string of the molecule is CCOC(=O)c1c(NC(=O)SSC)sc2c1CCCC2. The second kappa shape index (κ2) is 7.38.